The molecule has 34 heavy (non-hydrogen) atoms. The van der Waals surface area contributed by atoms with Crippen molar-refractivity contribution < 1.29 is 19.7 Å². The molecule has 12 atom stereocenters. The van der Waals surface area contributed by atoms with Crippen LogP contribution in [0.1, 0.15) is 92.4 Å². The first-order chi connectivity index (χ1) is 15.8. The van der Waals surface area contributed by atoms with Crippen molar-refractivity contribution >= 4 is 5.97 Å². The van der Waals surface area contributed by atoms with Crippen molar-refractivity contribution in [2.75, 3.05) is 7.11 Å². The average Bonchev–Trinajstić information content (AvgIpc) is 3.12. The SMILES string of the molecule is C=C(C)[C@@H]1CC[C@]2(C)[C@H]3[C@H](O)C[C@@H]4[C@@]5(C)CC[C@H](O)C(C(=O)OC)[C@@H]5CC[C@@]4(C)[C@]3(C)CC[C@@H]12. The summed E-state index contributed by atoms with van der Waals surface area (Å²) in [7, 11) is 1.45. The van der Waals surface area contributed by atoms with Crippen molar-refractivity contribution in [2.24, 2.45) is 57.2 Å². The highest BCUT2D eigenvalue weighted by Gasteiger charge is 2.72. The molecule has 1 unspecified atom stereocenters. The smallest absolute Gasteiger partial charge is 0.311 e. The van der Waals surface area contributed by atoms with Crippen molar-refractivity contribution in [3.05, 3.63) is 12.2 Å². The zero-order valence-corrected chi connectivity index (χ0v) is 22.4. The molecular formula is C30H48O4. The quantitative estimate of drug-likeness (QED) is 0.396. The van der Waals surface area contributed by atoms with Gasteiger partial charge in [-0.15, -0.1) is 0 Å². The van der Waals surface area contributed by atoms with E-state index in [4.69, 9.17) is 4.74 Å². The number of aliphatic hydroxyl groups excluding tert-OH is 2. The van der Waals surface area contributed by atoms with E-state index in [1.165, 1.54) is 38.4 Å². The fourth-order valence-corrected chi connectivity index (χ4v) is 11.5. The van der Waals surface area contributed by atoms with Crippen molar-refractivity contribution in [1.82, 2.24) is 0 Å². The summed E-state index contributed by atoms with van der Waals surface area (Å²) in [5.74, 6) is 1.34. The van der Waals surface area contributed by atoms with E-state index < -0.39 is 12.0 Å². The second-order valence-corrected chi connectivity index (χ2v) is 14.1. The minimum absolute atomic E-state index is 0.0618. The normalized spacial score (nSPS) is 56.5. The third kappa shape index (κ3) is 2.93. The number of hydrogen-bond donors (Lipinski definition) is 2. The molecule has 0 saturated heterocycles. The third-order valence-electron chi connectivity index (χ3n) is 13.2. The van der Waals surface area contributed by atoms with Crippen LogP contribution in [0.25, 0.3) is 0 Å². The molecular weight excluding hydrogens is 424 g/mol. The van der Waals surface area contributed by atoms with Crippen LogP contribution in [0.4, 0.5) is 0 Å². The summed E-state index contributed by atoms with van der Waals surface area (Å²) in [4.78, 5) is 12.8. The average molecular weight is 473 g/mol. The number of aliphatic hydroxyl groups is 2. The fraction of sp³-hybridized carbons (Fsp3) is 0.900. The Bertz CT molecular complexity index is 868. The van der Waals surface area contributed by atoms with Gasteiger partial charge in [0.2, 0.25) is 0 Å². The molecule has 5 aliphatic carbocycles. The maximum Gasteiger partial charge on any atom is 0.311 e. The van der Waals surface area contributed by atoms with Crippen LogP contribution in [0.15, 0.2) is 12.2 Å². The number of ether oxygens (including phenoxy) is 1. The molecule has 5 saturated carbocycles. The maximum atomic E-state index is 12.8. The number of allylic oxidation sites excluding steroid dienone is 1. The molecule has 5 fully saturated rings. The highest BCUT2D eigenvalue weighted by molar-refractivity contribution is 5.73. The summed E-state index contributed by atoms with van der Waals surface area (Å²) in [6.45, 7) is 16.5. The molecule has 0 radical (unpaired) electrons. The molecule has 5 aliphatic rings. The van der Waals surface area contributed by atoms with Gasteiger partial charge in [-0.3, -0.25) is 4.79 Å². The first-order valence-corrected chi connectivity index (χ1v) is 13.9. The molecule has 5 rings (SSSR count). The molecule has 4 heteroatoms. The number of fused-ring (bicyclic) bond motifs is 7. The molecule has 0 aromatic rings. The number of methoxy groups -OCH3 is 1. The van der Waals surface area contributed by atoms with Crippen molar-refractivity contribution in [1.29, 1.82) is 0 Å². The predicted octanol–water partition coefficient (Wildman–Crippen LogP) is 5.76. The van der Waals surface area contributed by atoms with E-state index in [1.807, 2.05) is 0 Å². The lowest BCUT2D eigenvalue weighted by molar-refractivity contribution is -0.269. The Hall–Kier alpha value is -0.870. The molecule has 0 aromatic carbocycles. The molecule has 2 N–H and O–H groups in total. The van der Waals surface area contributed by atoms with Crippen molar-refractivity contribution in [3.63, 3.8) is 0 Å². The Labute approximate surface area is 206 Å². The van der Waals surface area contributed by atoms with Crippen LogP contribution in [0.2, 0.25) is 0 Å². The van der Waals surface area contributed by atoms with Crippen molar-refractivity contribution in [2.45, 2.75) is 105 Å². The van der Waals surface area contributed by atoms with Crippen LogP contribution in [0.3, 0.4) is 0 Å². The molecule has 0 bridgehead atoms. The molecule has 0 spiro atoms. The third-order valence-corrected chi connectivity index (χ3v) is 13.2. The van der Waals surface area contributed by atoms with Crippen LogP contribution in [0, 0.1) is 57.2 Å². The van der Waals surface area contributed by atoms with Crippen LogP contribution >= 0.6 is 0 Å². The number of rotatable bonds is 2. The van der Waals surface area contributed by atoms with E-state index in [0.717, 1.165) is 25.7 Å². The number of carbonyl (C=O) groups excluding carboxylic acids is 1. The van der Waals surface area contributed by atoms with Gasteiger partial charge >= 0.3 is 5.97 Å². The van der Waals surface area contributed by atoms with E-state index in [9.17, 15) is 15.0 Å². The summed E-state index contributed by atoms with van der Waals surface area (Å²) in [5, 5.41) is 22.8. The van der Waals surface area contributed by atoms with Gasteiger partial charge in [-0.25, -0.2) is 0 Å². The zero-order chi connectivity index (χ0) is 24.8. The largest absolute Gasteiger partial charge is 0.469 e. The van der Waals surface area contributed by atoms with Crippen LogP contribution in [-0.4, -0.2) is 35.5 Å². The van der Waals surface area contributed by atoms with Crippen LogP contribution in [-0.2, 0) is 9.53 Å². The van der Waals surface area contributed by atoms with E-state index >= 15 is 0 Å². The number of esters is 1. The van der Waals surface area contributed by atoms with Gasteiger partial charge in [0, 0.05) is 0 Å². The van der Waals surface area contributed by atoms with Gasteiger partial charge in [0.15, 0.2) is 0 Å². The van der Waals surface area contributed by atoms with Gasteiger partial charge in [0.25, 0.3) is 0 Å². The van der Waals surface area contributed by atoms with E-state index in [0.29, 0.717) is 30.1 Å². The van der Waals surface area contributed by atoms with E-state index in [1.54, 1.807) is 0 Å². The molecule has 192 valence electrons. The highest BCUT2D eigenvalue weighted by atomic mass is 16.5. The highest BCUT2D eigenvalue weighted by Crippen LogP contribution is 2.77. The van der Waals surface area contributed by atoms with Crippen LogP contribution < -0.4 is 0 Å². The molecule has 0 aliphatic heterocycles. The standard InChI is InChI=1S/C30H48O4/c1-17(2)18-8-12-28(4)19(18)9-15-30(6)25(28)22(32)16-23-27(3)13-11-21(31)24(26(33)34-7)20(27)10-14-29(23,30)5/h18-25,31-32H,1,8-16H2,2-7H3/t18-,19-,20-,21-,22+,23+,24?,25+,27-,28-,29+,30+/m0/s1. The van der Waals surface area contributed by atoms with Gasteiger partial charge in [-0.05, 0) is 116 Å². The lowest BCUT2D eigenvalue weighted by Gasteiger charge is -2.73. The lowest BCUT2D eigenvalue weighted by Crippen LogP contribution is -2.69. The topological polar surface area (TPSA) is 66.8 Å². The van der Waals surface area contributed by atoms with Gasteiger partial charge in [-0.1, -0.05) is 39.8 Å². The monoisotopic (exact) mass is 472 g/mol. The van der Waals surface area contributed by atoms with Gasteiger partial charge in [0.1, 0.15) is 0 Å². The Balaban J connectivity index is 1.54. The molecule has 4 nitrogen and oxygen atoms in total. The van der Waals surface area contributed by atoms with E-state index in [-0.39, 0.29) is 39.7 Å². The first kappa shape index (κ1) is 24.8. The Kier molecular flexibility index (Phi) is 5.70. The predicted molar refractivity (Wildman–Crippen MR) is 134 cm³/mol. The summed E-state index contributed by atoms with van der Waals surface area (Å²) in [6, 6.07) is 0. The summed E-state index contributed by atoms with van der Waals surface area (Å²) in [6.07, 6.45) is 8.35. The Morgan fingerprint density at radius 3 is 2.12 bits per heavy atom. The summed E-state index contributed by atoms with van der Waals surface area (Å²) < 4.78 is 5.18. The molecule has 0 aromatic heterocycles. The van der Waals surface area contributed by atoms with Gasteiger partial charge < -0.3 is 14.9 Å². The van der Waals surface area contributed by atoms with Crippen molar-refractivity contribution in [3.8, 4) is 0 Å². The van der Waals surface area contributed by atoms with Gasteiger partial charge in [-0.2, -0.15) is 0 Å². The zero-order valence-electron chi connectivity index (χ0n) is 22.4. The number of carbonyl (C=O) groups is 1. The van der Waals surface area contributed by atoms with Gasteiger partial charge in [0.05, 0.1) is 25.2 Å². The van der Waals surface area contributed by atoms with Crippen LogP contribution in [0.5, 0.6) is 0 Å². The number of hydrogen-bond acceptors (Lipinski definition) is 4. The summed E-state index contributed by atoms with van der Waals surface area (Å²) in [5.41, 5.74) is 1.64. The molecule has 0 amide bonds. The second-order valence-electron chi connectivity index (χ2n) is 14.1. The minimum Gasteiger partial charge on any atom is -0.469 e. The van der Waals surface area contributed by atoms with E-state index in [2.05, 4.69) is 41.2 Å². The minimum atomic E-state index is -0.612. The Morgan fingerprint density at radius 2 is 1.47 bits per heavy atom. The summed E-state index contributed by atoms with van der Waals surface area (Å²) >= 11 is 0. The maximum absolute atomic E-state index is 12.8. The Morgan fingerprint density at radius 1 is 0.853 bits per heavy atom. The fourth-order valence-electron chi connectivity index (χ4n) is 11.5. The first-order valence-electron chi connectivity index (χ1n) is 13.9. The lowest BCUT2D eigenvalue weighted by atomic mass is 9.32. The molecule has 0 heterocycles. The second kappa shape index (κ2) is 7.81.